The largest absolute Gasteiger partial charge is 0.493 e. The number of carbonyl (C=O) groups is 1. The Labute approximate surface area is 239 Å². The molecule has 2 aliphatic rings. The number of nitrogens with zero attached hydrogens (tertiary/aromatic N) is 2. The highest BCUT2D eigenvalue weighted by atomic mass is 32.1. The van der Waals surface area contributed by atoms with E-state index < -0.39 is 0 Å². The molecule has 8 heteroatoms. The molecular formula is C32H36N4O3S. The first-order valence-corrected chi connectivity index (χ1v) is 14.7. The molecule has 208 valence electrons. The lowest BCUT2D eigenvalue weighted by Crippen LogP contribution is -2.52. The second-order valence-electron chi connectivity index (χ2n) is 11.1. The van der Waals surface area contributed by atoms with Gasteiger partial charge in [0, 0.05) is 28.7 Å². The second-order valence-corrected chi connectivity index (χ2v) is 12.1. The van der Waals surface area contributed by atoms with Crippen LogP contribution in [0, 0.1) is 6.92 Å². The predicted molar refractivity (Wildman–Crippen MR) is 162 cm³/mol. The van der Waals surface area contributed by atoms with E-state index in [2.05, 4.69) is 59.8 Å². The summed E-state index contributed by atoms with van der Waals surface area (Å²) < 4.78 is 12.3. The fourth-order valence-electron chi connectivity index (χ4n) is 6.60. The maximum Gasteiger partial charge on any atom is 0.319 e. The highest BCUT2D eigenvalue weighted by molar-refractivity contribution is 7.21. The molecule has 2 fully saturated rings. The van der Waals surface area contributed by atoms with Crippen molar-refractivity contribution in [1.82, 2.24) is 15.2 Å². The fourth-order valence-corrected chi connectivity index (χ4v) is 7.67. The van der Waals surface area contributed by atoms with E-state index in [1.165, 1.54) is 15.8 Å². The molecule has 1 aromatic heterocycles. The van der Waals surface area contributed by atoms with Crippen LogP contribution in [0.2, 0.25) is 0 Å². The number of carbonyl (C=O) groups excluding carboxylic acids is 1. The maximum atomic E-state index is 13.0. The SMILES string of the molecule is COc1ccc(C23CCC(NC(=O)Nc4ccc(-c5nc6ccc(C)cc6s5)cc4)CC2N(C)CC3)cc1OC. The molecule has 3 unspecified atom stereocenters. The number of urea groups is 1. The molecule has 0 bridgehead atoms. The summed E-state index contributed by atoms with van der Waals surface area (Å²) in [6, 6.07) is 20.9. The number of nitrogens with one attached hydrogen (secondary N) is 2. The van der Waals surface area contributed by atoms with Gasteiger partial charge in [-0.15, -0.1) is 11.3 Å². The Morgan fingerprint density at radius 1 is 1.02 bits per heavy atom. The Morgan fingerprint density at radius 3 is 2.60 bits per heavy atom. The zero-order valence-corrected chi connectivity index (χ0v) is 24.3. The van der Waals surface area contributed by atoms with Crippen LogP contribution < -0.4 is 20.1 Å². The van der Waals surface area contributed by atoms with Crippen LogP contribution in [0.15, 0.2) is 60.7 Å². The van der Waals surface area contributed by atoms with E-state index >= 15 is 0 Å². The Bertz CT molecular complexity index is 1540. The molecule has 2 amide bonds. The summed E-state index contributed by atoms with van der Waals surface area (Å²) in [4.78, 5) is 20.2. The Kier molecular flexibility index (Phi) is 7.15. The highest BCUT2D eigenvalue weighted by Crippen LogP contribution is 2.50. The van der Waals surface area contributed by atoms with Gasteiger partial charge in [-0.25, -0.2) is 9.78 Å². The first kappa shape index (κ1) is 26.6. The minimum absolute atomic E-state index is 0.0537. The van der Waals surface area contributed by atoms with Crippen molar-refractivity contribution in [3.8, 4) is 22.1 Å². The van der Waals surface area contributed by atoms with Gasteiger partial charge < -0.3 is 25.0 Å². The Morgan fingerprint density at radius 2 is 1.82 bits per heavy atom. The molecule has 3 aromatic carbocycles. The summed E-state index contributed by atoms with van der Waals surface area (Å²) in [5, 5.41) is 7.26. The zero-order chi connectivity index (χ0) is 27.9. The van der Waals surface area contributed by atoms with Gasteiger partial charge in [-0.2, -0.15) is 0 Å². The average molecular weight is 557 g/mol. The third kappa shape index (κ3) is 4.90. The number of hydrogen-bond acceptors (Lipinski definition) is 6. The van der Waals surface area contributed by atoms with Gasteiger partial charge in [-0.05, 0) is 106 Å². The average Bonchev–Trinajstić information content (AvgIpc) is 3.54. The first-order chi connectivity index (χ1) is 19.4. The number of likely N-dealkylation sites (N-methyl/N-ethyl adjacent to an activating group) is 1. The van der Waals surface area contributed by atoms with Crippen molar-refractivity contribution in [2.24, 2.45) is 0 Å². The fraction of sp³-hybridized carbons (Fsp3) is 0.375. The van der Waals surface area contributed by atoms with Crippen LogP contribution in [0.1, 0.15) is 36.8 Å². The van der Waals surface area contributed by atoms with Gasteiger partial charge in [0.15, 0.2) is 11.5 Å². The van der Waals surface area contributed by atoms with Gasteiger partial charge in [-0.3, -0.25) is 0 Å². The number of rotatable bonds is 6. The van der Waals surface area contributed by atoms with Gasteiger partial charge in [0.25, 0.3) is 0 Å². The molecule has 1 aliphatic carbocycles. The van der Waals surface area contributed by atoms with Crippen molar-refractivity contribution < 1.29 is 14.3 Å². The molecule has 6 rings (SSSR count). The van der Waals surface area contributed by atoms with Gasteiger partial charge in [-0.1, -0.05) is 12.1 Å². The summed E-state index contributed by atoms with van der Waals surface area (Å²) in [7, 11) is 5.55. The number of aromatic nitrogens is 1. The van der Waals surface area contributed by atoms with Crippen LogP contribution >= 0.6 is 11.3 Å². The normalized spacial score (nSPS) is 22.6. The summed E-state index contributed by atoms with van der Waals surface area (Å²) >= 11 is 1.69. The Balaban J connectivity index is 1.11. The van der Waals surface area contributed by atoms with Crippen LogP contribution in [0.3, 0.4) is 0 Å². The molecule has 2 N–H and O–H groups in total. The smallest absolute Gasteiger partial charge is 0.319 e. The summed E-state index contributed by atoms with van der Waals surface area (Å²) in [6.45, 7) is 3.14. The number of benzene rings is 3. The molecule has 1 saturated carbocycles. The number of amides is 2. The molecule has 1 saturated heterocycles. The van der Waals surface area contributed by atoms with E-state index in [0.29, 0.717) is 6.04 Å². The Hall–Kier alpha value is -3.62. The van der Waals surface area contributed by atoms with Crippen LogP contribution in [0.25, 0.3) is 20.8 Å². The quantitative estimate of drug-likeness (QED) is 0.280. The number of fused-ring (bicyclic) bond motifs is 2. The van der Waals surface area contributed by atoms with Crippen LogP contribution in [-0.2, 0) is 5.41 Å². The van der Waals surface area contributed by atoms with E-state index in [4.69, 9.17) is 14.5 Å². The van der Waals surface area contributed by atoms with Crippen molar-refractivity contribution >= 4 is 33.3 Å². The second kappa shape index (κ2) is 10.7. The number of likely N-dealkylation sites (tertiary alicyclic amines) is 1. The summed E-state index contributed by atoms with van der Waals surface area (Å²) in [6.07, 6.45) is 3.96. The number of anilines is 1. The molecule has 4 aromatic rings. The molecule has 3 atom stereocenters. The van der Waals surface area contributed by atoms with Gasteiger partial charge in [0.1, 0.15) is 5.01 Å². The summed E-state index contributed by atoms with van der Waals surface area (Å²) in [5.74, 6) is 1.52. The third-order valence-corrected chi connectivity index (χ3v) is 9.82. The highest BCUT2D eigenvalue weighted by Gasteiger charge is 2.50. The standard InChI is InChI=1S/C32H36N4O3S/c1-20-5-11-25-28(17-20)40-30(35-25)21-6-9-23(10-7-21)33-31(37)34-24-13-14-32(15-16-36(2)29(32)19-24)22-8-12-26(38-3)27(18-22)39-4/h5-12,17-18,24,29H,13-16,19H2,1-4H3,(H2,33,34,37). The van der Waals surface area contributed by atoms with E-state index in [9.17, 15) is 4.79 Å². The first-order valence-electron chi connectivity index (χ1n) is 13.9. The topological polar surface area (TPSA) is 75.7 Å². The minimum atomic E-state index is -0.160. The van der Waals surface area contributed by atoms with E-state index in [0.717, 1.165) is 65.5 Å². The summed E-state index contributed by atoms with van der Waals surface area (Å²) in [5.41, 5.74) is 5.42. The molecule has 0 spiro atoms. The van der Waals surface area contributed by atoms with Crippen molar-refractivity contribution in [2.75, 3.05) is 33.1 Å². The molecule has 1 aliphatic heterocycles. The molecule has 0 radical (unpaired) electrons. The van der Waals surface area contributed by atoms with Gasteiger partial charge >= 0.3 is 6.03 Å². The number of thiazole rings is 1. The van der Waals surface area contributed by atoms with Crippen molar-refractivity contribution in [1.29, 1.82) is 0 Å². The molecule has 2 heterocycles. The predicted octanol–water partition coefficient (Wildman–Crippen LogP) is 6.61. The van der Waals surface area contributed by atoms with Crippen molar-refractivity contribution in [3.63, 3.8) is 0 Å². The zero-order valence-electron chi connectivity index (χ0n) is 23.5. The van der Waals surface area contributed by atoms with Crippen LogP contribution in [0.5, 0.6) is 11.5 Å². The van der Waals surface area contributed by atoms with Gasteiger partial charge in [0.05, 0.1) is 24.4 Å². The van der Waals surface area contributed by atoms with Crippen LogP contribution in [0.4, 0.5) is 10.5 Å². The molecule has 7 nitrogen and oxygen atoms in total. The van der Waals surface area contributed by atoms with Crippen molar-refractivity contribution in [2.45, 2.75) is 50.1 Å². The number of aryl methyl sites for hydroxylation is 1. The number of hydrogen-bond donors (Lipinski definition) is 2. The van der Waals surface area contributed by atoms with E-state index in [1.807, 2.05) is 30.3 Å². The monoisotopic (exact) mass is 556 g/mol. The number of methoxy groups -OCH3 is 2. The molecular weight excluding hydrogens is 520 g/mol. The van der Waals surface area contributed by atoms with Crippen LogP contribution in [-0.4, -0.2) is 55.8 Å². The van der Waals surface area contributed by atoms with E-state index in [-0.39, 0.29) is 17.5 Å². The maximum absolute atomic E-state index is 13.0. The van der Waals surface area contributed by atoms with Crippen molar-refractivity contribution in [3.05, 3.63) is 71.8 Å². The van der Waals surface area contributed by atoms with E-state index in [1.54, 1.807) is 25.6 Å². The molecule has 40 heavy (non-hydrogen) atoms. The number of ether oxygens (including phenoxy) is 2. The lowest BCUT2D eigenvalue weighted by atomic mass is 9.65. The lowest BCUT2D eigenvalue weighted by molar-refractivity contribution is 0.156. The van der Waals surface area contributed by atoms with Gasteiger partial charge in [0.2, 0.25) is 0 Å². The lowest BCUT2D eigenvalue weighted by Gasteiger charge is -2.45. The minimum Gasteiger partial charge on any atom is -0.493 e. The third-order valence-electron chi connectivity index (χ3n) is 8.75.